The van der Waals surface area contributed by atoms with Crippen molar-refractivity contribution in [1.29, 1.82) is 5.26 Å². The van der Waals surface area contributed by atoms with Gasteiger partial charge in [-0.05, 0) is 6.07 Å². The van der Waals surface area contributed by atoms with E-state index in [-0.39, 0.29) is 16.9 Å². The van der Waals surface area contributed by atoms with Gasteiger partial charge in [0, 0.05) is 23.4 Å². The number of nitro groups is 1. The number of nitro benzene ring substituents is 1. The molecule has 84 valence electrons. The number of hydrogen-bond acceptors (Lipinski definition) is 6. The van der Waals surface area contributed by atoms with Crippen LogP contribution in [0.3, 0.4) is 0 Å². The second kappa shape index (κ2) is 4.57. The zero-order valence-electron chi connectivity index (χ0n) is 8.07. The van der Waals surface area contributed by atoms with E-state index in [0.29, 0.717) is 0 Å². The van der Waals surface area contributed by atoms with Crippen molar-refractivity contribution in [1.82, 2.24) is 0 Å². The number of anilines is 1. The van der Waals surface area contributed by atoms with Crippen LogP contribution in [0, 0.1) is 21.4 Å². The van der Waals surface area contributed by atoms with E-state index in [0.717, 1.165) is 12.1 Å². The van der Waals surface area contributed by atoms with Crippen LogP contribution in [0.5, 0.6) is 0 Å². The molecule has 0 spiro atoms. The summed E-state index contributed by atoms with van der Waals surface area (Å²) < 4.78 is 0. The molecule has 16 heavy (non-hydrogen) atoms. The Labute approximate surface area is 90.5 Å². The average Bonchev–Trinajstić information content (AvgIpc) is 2.26. The Hall–Kier alpha value is -2.17. The van der Waals surface area contributed by atoms with Gasteiger partial charge < -0.3 is 15.9 Å². The van der Waals surface area contributed by atoms with E-state index in [9.17, 15) is 15.2 Å². The molecule has 2 atom stereocenters. The van der Waals surface area contributed by atoms with Gasteiger partial charge in [0.25, 0.3) is 5.69 Å². The number of aliphatic hydroxyl groups is 2. The fourth-order valence-corrected chi connectivity index (χ4v) is 1.19. The summed E-state index contributed by atoms with van der Waals surface area (Å²) in [6, 6.07) is 4.85. The van der Waals surface area contributed by atoms with Gasteiger partial charge >= 0.3 is 0 Å². The maximum Gasteiger partial charge on any atom is 0.271 e. The molecule has 0 saturated carbocycles. The highest BCUT2D eigenvalue weighted by Gasteiger charge is 2.21. The molecular formula is C9H9N3O4. The van der Waals surface area contributed by atoms with Gasteiger partial charge in [0.15, 0.2) is 6.10 Å². The molecule has 0 amide bonds. The highest BCUT2D eigenvalue weighted by Crippen LogP contribution is 2.26. The monoisotopic (exact) mass is 223 g/mol. The number of aliphatic hydroxyl groups excluding tert-OH is 2. The Kier molecular flexibility index (Phi) is 3.40. The molecule has 2 unspecified atom stereocenters. The first-order valence-electron chi connectivity index (χ1n) is 4.27. The Bertz CT molecular complexity index is 455. The second-order valence-corrected chi connectivity index (χ2v) is 3.09. The molecule has 1 rings (SSSR count). The smallest absolute Gasteiger partial charge is 0.271 e. The number of nitriles is 1. The number of rotatable bonds is 3. The fraction of sp³-hybridized carbons (Fsp3) is 0.222. The van der Waals surface area contributed by atoms with E-state index >= 15 is 0 Å². The van der Waals surface area contributed by atoms with Crippen LogP contribution in [0.1, 0.15) is 11.7 Å². The fourth-order valence-electron chi connectivity index (χ4n) is 1.19. The first-order valence-corrected chi connectivity index (χ1v) is 4.27. The molecule has 0 heterocycles. The van der Waals surface area contributed by atoms with Crippen molar-refractivity contribution < 1.29 is 15.1 Å². The SMILES string of the molecule is N#CC(O)C(O)c1ccc([N+](=O)[O-])cc1N. The predicted octanol–water partition coefficient (Wildman–Crippen LogP) is 0.0949. The van der Waals surface area contributed by atoms with Gasteiger partial charge in [0.1, 0.15) is 6.10 Å². The van der Waals surface area contributed by atoms with Gasteiger partial charge in [0.2, 0.25) is 0 Å². The number of benzene rings is 1. The Balaban J connectivity index is 3.09. The van der Waals surface area contributed by atoms with Crippen molar-refractivity contribution >= 4 is 11.4 Å². The van der Waals surface area contributed by atoms with Crippen LogP contribution in [0.15, 0.2) is 18.2 Å². The molecule has 0 aromatic heterocycles. The van der Waals surface area contributed by atoms with E-state index < -0.39 is 17.1 Å². The normalized spacial score (nSPS) is 13.8. The predicted molar refractivity (Wildman–Crippen MR) is 54.1 cm³/mol. The number of non-ortho nitro benzene ring substituents is 1. The Morgan fingerprint density at radius 1 is 1.50 bits per heavy atom. The molecule has 7 nitrogen and oxygen atoms in total. The van der Waals surface area contributed by atoms with Crippen LogP contribution in [-0.4, -0.2) is 21.2 Å². The van der Waals surface area contributed by atoms with Crippen LogP contribution >= 0.6 is 0 Å². The van der Waals surface area contributed by atoms with Gasteiger partial charge in [-0.1, -0.05) is 0 Å². The molecule has 0 radical (unpaired) electrons. The van der Waals surface area contributed by atoms with E-state index in [4.69, 9.17) is 16.1 Å². The van der Waals surface area contributed by atoms with Gasteiger partial charge in [-0.3, -0.25) is 10.1 Å². The quantitative estimate of drug-likeness (QED) is 0.288. The van der Waals surface area contributed by atoms with E-state index in [1.165, 1.54) is 12.1 Å². The first-order chi connectivity index (χ1) is 7.47. The van der Waals surface area contributed by atoms with Crippen LogP contribution in [0.2, 0.25) is 0 Å². The second-order valence-electron chi connectivity index (χ2n) is 3.09. The summed E-state index contributed by atoms with van der Waals surface area (Å²) in [5.41, 5.74) is 5.28. The lowest BCUT2D eigenvalue weighted by molar-refractivity contribution is -0.384. The molecule has 0 saturated heterocycles. The average molecular weight is 223 g/mol. The minimum absolute atomic E-state index is 0.0454. The molecule has 1 aromatic rings. The lowest BCUT2D eigenvalue weighted by atomic mass is 10.0. The molecule has 0 bridgehead atoms. The third-order valence-electron chi connectivity index (χ3n) is 2.03. The summed E-state index contributed by atoms with van der Waals surface area (Å²) in [6.07, 6.45) is -3.10. The van der Waals surface area contributed by atoms with Crippen molar-refractivity contribution in [2.24, 2.45) is 0 Å². The summed E-state index contributed by atoms with van der Waals surface area (Å²) >= 11 is 0. The lowest BCUT2D eigenvalue weighted by Gasteiger charge is -2.13. The molecular weight excluding hydrogens is 214 g/mol. The van der Waals surface area contributed by atoms with Crippen molar-refractivity contribution in [3.05, 3.63) is 33.9 Å². The van der Waals surface area contributed by atoms with Crippen molar-refractivity contribution in [2.45, 2.75) is 12.2 Å². The number of nitrogens with zero attached hydrogens (tertiary/aromatic N) is 2. The highest BCUT2D eigenvalue weighted by atomic mass is 16.6. The summed E-state index contributed by atoms with van der Waals surface area (Å²) in [7, 11) is 0. The largest absolute Gasteiger partial charge is 0.398 e. The maximum atomic E-state index is 10.4. The molecule has 4 N–H and O–H groups in total. The molecule has 7 heteroatoms. The zero-order valence-corrected chi connectivity index (χ0v) is 8.07. The zero-order chi connectivity index (χ0) is 12.3. The summed E-state index contributed by atoms with van der Waals surface area (Å²) in [4.78, 5) is 9.78. The lowest BCUT2D eigenvalue weighted by Crippen LogP contribution is -2.17. The van der Waals surface area contributed by atoms with E-state index in [1.54, 1.807) is 0 Å². The topological polar surface area (TPSA) is 133 Å². The van der Waals surface area contributed by atoms with Crippen LogP contribution < -0.4 is 5.73 Å². The number of nitrogen functional groups attached to an aromatic ring is 1. The third kappa shape index (κ3) is 2.25. The maximum absolute atomic E-state index is 10.4. The van der Waals surface area contributed by atoms with Crippen molar-refractivity contribution in [3.8, 4) is 6.07 Å². The van der Waals surface area contributed by atoms with Gasteiger partial charge in [0.05, 0.1) is 11.0 Å². The van der Waals surface area contributed by atoms with E-state index in [1.807, 2.05) is 0 Å². The summed E-state index contributed by atoms with van der Waals surface area (Å²) in [5, 5.41) is 37.4. The molecule has 0 aliphatic heterocycles. The van der Waals surface area contributed by atoms with Crippen LogP contribution in [-0.2, 0) is 0 Å². The molecule has 0 aliphatic carbocycles. The van der Waals surface area contributed by atoms with E-state index in [2.05, 4.69) is 0 Å². The van der Waals surface area contributed by atoms with Crippen molar-refractivity contribution in [3.63, 3.8) is 0 Å². The Morgan fingerprint density at radius 2 is 2.12 bits per heavy atom. The van der Waals surface area contributed by atoms with Crippen LogP contribution in [0.25, 0.3) is 0 Å². The van der Waals surface area contributed by atoms with Crippen LogP contribution in [0.4, 0.5) is 11.4 Å². The minimum Gasteiger partial charge on any atom is -0.398 e. The van der Waals surface area contributed by atoms with Gasteiger partial charge in [-0.2, -0.15) is 5.26 Å². The summed E-state index contributed by atoms with van der Waals surface area (Å²) in [6.45, 7) is 0. The number of nitrogens with two attached hydrogens (primary N) is 1. The minimum atomic E-state index is -1.62. The Morgan fingerprint density at radius 3 is 2.56 bits per heavy atom. The number of hydrogen-bond donors (Lipinski definition) is 3. The standard InChI is InChI=1S/C9H9N3O4/c10-4-8(13)9(14)6-2-1-5(12(15)16)3-7(6)11/h1-3,8-9,13-14H,11H2. The highest BCUT2D eigenvalue weighted by molar-refractivity contribution is 5.55. The van der Waals surface area contributed by atoms with Gasteiger partial charge in [-0.15, -0.1) is 0 Å². The van der Waals surface area contributed by atoms with Gasteiger partial charge in [-0.25, -0.2) is 0 Å². The first kappa shape index (κ1) is 11.9. The third-order valence-corrected chi connectivity index (χ3v) is 2.03. The molecule has 0 fully saturated rings. The van der Waals surface area contributed by atoms with Crippen molar-refractivity contribution in [2.75, 3.05) is 5.73 Å². The molecule has 1 aromatic carbocycles. The summed E-state index contributed by atoms with van der Waals surface area (Å²) in [5.74, 6) is 0. The molecule has 0 aliphatic rings.